The zero-order valence-electron chi connectivity index (χ0n) is 10.9. The Kier molecular flexibility index (Phi) is 6.65. The molecule has 1 rings (SSSR count). The second-order valence-corrected chi connectivity index (χ2v) is 5.05. The highest BCUT2D eigenvalue weighted by atomic mass is 32.2. The number of rotatable bonds is 8. The Morgan fingerprint density at radius 2 is 2.20 bits per heavy atom. The van der Waals surface area contributed by atoms with Crippen LogP contribution in [0.1, 0.15) is 17.3 Å². The average molecular weight is 300 g/mol. The molecule has 0 saturated heterocycles. The van der Waals surface area contributed by atoms with Gasteiger partial charge >= 0.3 is 5.97 Å². The Morgan fingerprint density at radius 3 is 2.80 bits per heavy atom. The maximum absolute atomic E-state index is 11.7. The van der Waals surface area contributed by atoms with E-state index in [-0.39, 0.29) is 17.6 Å². The van der Waals surface area contributed by atoms with Gasteiger partial charge in [-0.25, -0.2) is 0 Å². The monoisotopic (exact) mass is 300 g/mol. The van der Waals surface area contributed by atoms with Gasteiger partial charge in [0.1, 0.15) is 12.3 Å². The highest BCUT2D eigenvalue weighted by Gasteiger charge is 2.16. The highest BCUT2D eigenvalue weighted by molar-refractivity contribution is 7.99. The van der Waals surface area contributed by atoms with E-state index < -0.39 is 12.0 Å². The molecular formula is C12H16N2O5S. The van der Waals surface area contributed by atoms with Crippen LogP contribution in [-0.4, -0.2) is 47.0 Å². The van der Waals surface area contributed by atoms with Crippen LogP contribution in [0, 0.1) is 0 Å². The number of hydrogen-bond donors (Lipinski definition) is 3. The standard InChI is InChI=1S/C12H16N2O5S/c1-8(14-12(18)9-2-4-19-6-9)11(17)13-3-5-20-7-10(15)16/h2,4,6,8H,3,5,7H2,1H3,(H,13,17)(H,14,18)(H,15,16). The minimum atomic E-state index is -0.887. The van der Waals surface area contributed by atoms with Crippen molar-refractivity contribution in [1.82, 2.24) is 10.6 Å². The summed E-state index contributed by atoms with van der Waals surface area (Å²) in [5, 5.41) is 13.6. The van der Waals surface area contributed by atoms with Crippen molar-refractivity contribution < 1.29 is 23.9 Å². The van der Waals surface area contributed by atoms with Crippen LogP contribution in [0.5, 0.6) is 0 Å². The molecule has 2 amide bonds. The van der Waals surface area contributed by atoms with E-state index in [0.29, 0.717) is 17.9 Å². The lowest BCUT2D eigenvalue weighted by Crippen LogP contribution is -2.45. The lowest BCUT2D eigenvalue weighted by molar-refractivity contribution is -0.133. The fourth-order valence-electron chi connectivity index (χ4n) is 1.30. The van der Waals surface area contributed by atoms with Crippen molar-refractivity contribution in [1.29, 1.82) is 0 Å². The summed E-state index contributed by atoms with van der Waals surface area (Å²) in [5.41, 5.74) is 0.349. The highest BCUT2D eigenvalue weighted by Crippen LogP contribution is 2.00. The third-order valence-electron chi connectivity index (χ3n) is 2.30. The summed E-state index contributed by atoms with van der Waals surface area (Å²) in [6.45, 7) is 1.92. The SMILES string of the molecule is CC(NC(=O)c1ccoc1)C(=O)NCCSCC(=O)O. The second kappa shape index (κ2) is 8.26. The van der Waals surface area contributed by atoms with Crippen molar-refractivity contribution in [3.05, 3.63) is 24.2 Å². The van der Waals surface area contributed by atoms with Gasteiger partial charge in [-0.3, -0.25) is 14.4 Å². The van der Waals surface area contributed by atoms with Gasteiger partial charge in [0.05, 0.1) is 17.6 Å². The summed E-state index contributed by atoms with van der Waals surface area (Å²) in [5.74, 6) is -1.09. The molecule has 0 aliphatic rings. The van der Waals surface area contributed by atoms with Crippen molar-refractivity contribution in [2.45, 2.75) is 13.0 Å². The van der Waals surface area contributed by atoms with Crippen molar-refractivity contribution >= 4 is 29.5 Å². The summed E-state index contributed by atoms with van der Waals surface area (Å²) < 4.78 is 4.78. The Hall–Kier alpha value is -1.96. The Morgan fingerprint density at radius 1 is 1.45 bits per heavy atom. The molecule has 1 aromatic heterocycles. The van der Waals surface area contributed by atoms with Crippen molar-refractivity contribution in [2.24, 2.45) is 0 Å². The number of hydrogen-bond acceptors (Lipinski definition) is 5. The number of carboxylic acid groups (broad SMARTS) is 1. The first-order valence-electron chi connectivity index (χ1n) is 5.91. The topological polar surface area (TPSA) is 109 Å². The normalized spacial score (nSPS) is 11.7. The van der Waals surface area contributed by atoms with Crippen LogP contribution in [0.3, 0.4) is 0 Å². The molecule has 1 unspecified atom stereocenters. The molecule has 8 heteroatoms. The lowest BCUT2D eigenvalue weighted by Gasteiger charge is -2.13. The van der Waals surface area contributed by atoms with E-state index in [0.717, 1.165) is 0 Å². The molecule has 110 valence electrons. The molecule has 0 bridgehead atoms. The average Bonchev–Trinajstić information content (AvgIpc) is 2.91. The number of carbonyl (C=O) groups excluding carboxylic acids is 2. The third-order valence-corrected chi connectivity index (χ3v) is 3.24. The number of furan rings is 1. The molecule has 1 heterocycles. The van der Waals surface area contributed by atoms with E-state index in [4.69, 9.17) is 9.52 Å². The van der Waals surface area contributed by atoms with Crippen LogP contribution in [-0.2, 0) is 9.59 Å². The molecule has 0 radical (unpaired) electrons. The minimum absolute atomic E-state index is 0.00263. The Bertz CT molecular complexity index is 460. The molecule has 0 spiro atoms. The predicted molar refractivity (Wildman–Crippen MR) is 73.6 cm³/mol. The number of aliphatic carboxylic acids is 1. The van der Waals surface area contributed by atoms with Gasteiger partial charge in [-0.1, -0.05) is 0 Å². The fraction of sp³-hybridized carbons (Fsp3) is 0.417. The van der Waals surface area contributed by atoms with Gasteiger partial charge in [0, 0.05) is 12.3 Å². The molecule has 7 nitrogen and oxygen atoms in total. The van der Waals surface area contributed by atoms with E-state index in [1.165, 1.54) is 30.4 Å². The first-order chi connectivity index (χ1) is 9.50. The summed E-state index contributed by atoms with van der Waals surface area (Å²) in [6, 6.07) is 0.824. The van der Waals surface area contributed by atoms with Crippen molar-refractivity contribution in [2.75, 3.05) is 18.1 Å². The lowest BCUT2D eigenvalue weighted by atomic mass is 10.2. The Labute approximate surface area is 120 Å². The molecule has 0 aromatic carbocycles. The van der Waals surface area contributed by atoms with Crippen LogP contribution in [0.2, 0.25) is 0 Å². The summed E-state index contributed by atoms with van der Waals surface area (Å²) >= 11 is 1.21. The molecule has 1 aromatic rings. The van der Waals surface area contributed by atoms with Crippen LogP contribution in [0.25, 0.3) is 0 Å². The van der Waals surface area contributed by atoms with Crippen molar-refractivity contribution in [3.63, 3.8) is 0 Å². The first-order valence-corrected chi connectivity index (χ1v) is 7.06. The summed E-state index contributed by atoms with van der Waals surface area (Å²) in [4.78, 5) is 33.6. The van der Waals surface area contributed by atoms with Crippen LogP contribution in [0.15, 0.2) is 23.0 Å². The van der Waals surface area contributed by atoms with Gasteiger partial charge in [-0.15, -0.1) is 11.8 Å². The molecule has 1 atom stereocenters. The molecule has 20 heavy (non-hydrogen) atoms. The number of carboxylic acids is 1. The number of thioether (sulfide) groups is 1. The maximum atomic E-state index is 11.7. The number of carbonyl (C=O) groups is 3. The predicted octanol–water partition coefficient (Wildman–Crippen LogP) is 0.332. The van der Waals surface area contributed by atoms with Crippen LogP contribution < -0.4 is 10.6 Å². The van der Waals surface area contributed by atoms with E-state index >= 15 is 0 Å². The smallest absolute Gasteiger partial charge is 0.313 e. The molecule has 0 fully saturated rings. The summed E-state index contributed by atoms with van der Waals surface area (Å²) in [6.07, 6.45) is 2.67. The maximum Gasteiger partial charge on any atom is 0.313 e. The zero-order chi connectivity index (χ0) is 15.0. The molecule has 0 saturated carbocycles. The molecule has 3 N–H and O–H groups in total. The molecule has 0 aliphatic heterocycles. The molecule has 0 aliphatic carbocycles. The van der Waals surface area contributed by atoms with Gasteiger partial charge in [-0.05, 0) is 13.0 Å². The zero-order valence-corrected chi connectivity index (χ0v) is 11.7. The van der Waals surface area contributed by atoms with E-state index in [2.05, 4.69) is 10.6 Å². The largest absolute Gasteiger partial charge is 0.481 e. The van der Waals surface area contributed by atoms with Crippen LogP contribution in [0.4, 0.5) is 0 Å². The van der Waals surface area contributed by atoms with Gasteiger partial charge in [0.2, 0.25) is 5.91 Å². The van der Waals surface area contributed by atoms with Gasteiger partial charge in [0.15, 0.2) is 0 Å². The minimum Gasteiger partial charge on any atom is -0.481 e. The number of nitrogens with one attached hydrogen (secondary N) is 2. The summed E-state index contributed by atoms with van der Waals surface area (Å²) in [7, 11) is 0. The van der Waals surface area contributed by atoms with E-state index in [9.17, 15) is 14.4 Å². The Balaban J connectivity index is 2.22. The van der Waals surface area contributed by atoms with Gasteiger partial charge in [0.25, 0.3) is 5.91 Å². The molecular weight excluding hydrogens is 284 g/mol. The second-order valence-electron chi connectivity index (χ2n) is 3.94. The van der Waals surface area contributed by atoms with Crippen molar-refractivity contribution in [3.8, 4) is 0 Å². The van der Waals surface area contributed by atoms with Gasteiger partial charge < -0.3 is 20.2 Å². The van der Waals surface area contributed by atoms with Crippen LogP contribution >= 0.6 is 11.8 Å². The third kappa shape index (κ3) is 5.79. The van der Waals surface area contributed by atoms with E-state index in [1.807, 2.05) is 0 Å². The van der Waals surface area contributed by atoms with Gasteiger partial charge in [-0.2, -0.15) is 0 Å². The quantitative estimate of drug-likeness (QED) is 0.597. The van der Waals surface area contributed by atoms with E-state index in [1.54, 1.807) is 6.92 Å². The number of amides is 2. The first kappa shape index (κ1) is 16.1. The fourth-order valence-corrected chi connectivity index (χ4v) is 1.86.